The third-order valence-corrected chi connectivity index (χ3v) is 12.0. The summed E-state index contributed by atoms with van der Waals surface area (Å²) < 4.78 is 16.8. The van der Waals surface area contributed by atoms with Crippen molar-refractivity contribution in [3.05, 3.63) is 24.3 Å². The van der Waals surface area contributed by atoms with Crippen LogP contribution in [-0.4, -0.2) is 37.2 Å². The minimum absolute atomic E-state index is 0.0688. The third-order valence-electron chi connectivity index (χ3n) is 12.0. The van der Waals surface area contributed by atoms with Crippen LogP contribution in [0.5, 0.6) is 0 Å². The molecular formula is C55H102O6. The molecule has 0 N–H and O–H groups in total. The lowest BCUT2D eigenvalue weighted by atomic mass is 10.0. The summed E-state index contributed by atoms with van der Waals surface area (Å²) in [6.07, 6.45) is 57.3. The van der Waals surface area contributed by atoms with E-state index in [1.807, 2.05) is 0 Å². The van der Waals surface area contributed by atoms with E-state index in [2.05, 4.69) is 45.1 Å². The number of carbonyl (C=O) groups is 3. The summed E-state index contributed by atoms with van der Waals surface area (Å²) in [6.45, 7) is 6.64. The predicted molar refractivity (Wildman–Crippen MR) is 261 cm³/mol. The Morgan fingerprint density at radius 3 is 0.918 bits per heavy atom. The summed E-state index contributed by atoms with van der Waals surface area (Å²) in [5.41, 5.74) is 0. The van der Waals surface area contributed by atoms with Gasteiger partial charge in [-0.05, 0) is 51.4 Å². The summed E-state index contributed by atoms with van der Waals surface area (Å²) in [5.74, 6) is -0.862. The van der Waals surface area contributed by atoms with Crippen LogP contribution in [0.2, 0.25) is 0 Å². The van der Waals surface area contributed by atoms with Crippen molar-refractivity contribution in [1.29, 1.82) is 0 Å². The van der Waals surface area contributed by atoms with E-state index in [9.17, 15) is 14.4 Å². The molecular weight excluding hydrogens is 757 g/mol. The number of esters is 3. The molecule has 0 fully saturated rings. The maximum Gasteiger partial charge on any atom is 0.306 e. The molecule has 0 aromatic rings. The molecule has 0 aromatic carbocycles. The molecule has 0 bridgehead atoms. The van der Waals surface area contributed by atoms with Gasteiger partial charge in [0.2, 0.25) is 0 Å². The van der Waals surface area contributed by atoms with Crippen LogP contribution in [0, 0.1) is 0 Å². The zero-order chi connectivity index (χ0) is 44.4. The Hall–Kier alpha value is -2.11. The van der Waals surface area contributed by atoms with Crippen LogP contribution in [0.3, 0.4) is 0 Å². The van der Waals surface area contributed by atoms with Crippen molar-refractivity contribution in [2.45, 2.75) is 297 Å². The van der Waals surface area contributed by atoms with Gasteiger partial charge in [-0.1, -0.05) is 244 Å². The molecule has 61 heavy (non-hydrogen) atoms. The fourth-order valence-corrected chi connectivity index (χ4v) is 7.89. The van der Waals surface area contributed by atoms with Crippen LogP contribution in [0.25, 0.3) is 0 Å². The molecule has 0 saturated heterocycles. The summed E-state index contributed by atoms with van der Waals surface area (Å²) in [6, 6.07) is 0. The zero-order valence-electron chi connectivity index (χ0n) is 40.9. The molecule has 0 rings (SSSR count). The number of rotatable bonds is 49. The van der Waals surface area contributed by atoms with Crippen molar-refractivity contribution in [1.82, 2.24) is 0 Å². The Bertz CT molecular complexity index is 989. The van der Waals surface area contributed by atoms with E-state index >= 15 is 0 Å². The average molecular weight is 859 g/mol. The number of unbranched alkanes of at least 4 members (excludes halogenated alkanes) is 34. The highest BCUT2D eigenvalue weighted by Crippen LogP contribution is 2.16. The first kappa shape index (κ1) is 58.9. The number of hydrogen-bond acceptors (Lipinski definition) is 6. The quantitative estimate of drug-likeness (QED) is 0.0262. The van der Waals surface area contributed by atoms with Gasteiger partial charge < -0.3 is 14.2 Å². The van der Waals surface area contributed by atoms with Crippen molar-refractivity contribution < 1.29 is 28.6 Å². The van der Waals surface area contributed by atoms with Crippen molar-refractivity contribution in [3.8, 4) is 0 Å². The standard InChI is InChI=1S/C55H102O6/c1-4-7-10-13-16-19-22-24-26-27-28-29-31-33-36-39-42-45-48-54(57)60-51-52(50-59-53(56)47-44-41-38-35-32-21-18-15-12-9-6-3)61-55(58)49-46-43-40-37-34-30-25-23-20-17-14-11-8-5-2/h19,22,26-27,52H,4-18,20-21,23-25,28-51H2,1-3H3/b22-19-,27-26-. The van der Waals surface area contributed by atoms with Crippen LogP contribution in [0.15, 0.2) is 24.3 Å². The number of ether oxygens (including phenoxy) is 3. The second-order valence-electron chi connectivity index (χ2n) is 18.2. The first-order valence-electron chi connectivity index (χ1n) is 26.8. The molecule has 0 aromatic heterocycles. The SMILES string of the molecule is CCCCCC/C=C\C/C=C\CCCCCCCCCC(=O)OCC(COC(=O)CCCCCCCCCCCCC)OC(=O)CCCCCCCCCCCCCCCC. The third kappa shape index (κ3) is 48.8. The molecule has 0 heterocycles. The Morgan fingerprint density at radius 2 is 0.590 bits per heavy atom. The lowest BCUT2D eigenvalue weighted by Crippen LogP contribution is -2.30. The molecule has 0 radical (unpaired) electrons. The van der Waals surface area contributed by atoms with Gasteiger partial charge >= 0.3 is 17.9 Å². The molecule has 1 unspecified atom stereocenters. The van der Waals surface area contributed by atoms with E-state index in [1.54, 1.807) is 0 Å². The molecule has 358 valence electrons. The first-order valence-corrected chi connectivity index (χ1v) is 26.8. The monoisotopic (exact) mass is 859 g/mol. The lowest BCUT2D eigenvalue weighted by molar-refractivity contribution is -0.167. The summed E-state index contributed by atoms with van der Waals surface area (Å²) in [7, 11) is 0. The molecule has 0 spiro atoms. The maximum absolute atomic E-state index is 12.8. The van der Waals surface area contributed by atoms with Crippen LogP contribution in [0.4, 0.5) is 0 Å². The number of hydrogen-bond donors (Lipinski definition) is 0. The van der Waals surface area contributed by atoms with Gasteiger partial charge in [0.05, 0.1) is 0 Å². The zero-order valence-corrected chi connectivity index (χ0v) is 40.9. The van der Waals surface area contributed by atoms with Gasteiger partial charge in [0.1, 0.15) is 13.2 Å². The molecule has 6 nitrogen and oxygen atoms in total. The van der Waals surface area contributed by atoms with E-state index in [0.717, 1.165) is 70.6 Å². The topological polar surface area (TPSA) is 78.9 Å². The average Bonchev–Trinajstić information content (AvgIpc) is 3.26. The number of allylic oxidation sites excluding steroid dienone is 4. The van der Waals surface area contributed by atoms with Gasteiger partial charge in [0.15, 0.2) is 6.10 Å². The van der Waals surface area contributed by atoms with Gasteiger partial charge in [0, 0.05) is 19.3 Å². The van der Waals surface area contributed by atoms with Crippen molar-refractivity contribution >= 4 is 17.9 Å². The van der Waals surface area contributed by atoms with Crippen LogP contribution in [0.1, 0.15) is 290 Å². The van der Waals surface area contributed by atoms with E-state index < -0.39 is 6.10 Å². The molecule has 6 heteroatoms. The van der Waals surface area contributed by atoms with Crippen molar-refractivity contribution in [2.75, 3.05) is 13.2 Å². The van der Waals surface area contributed by atoms with Crippen LogP contribution in [-0.2, 0) is 28.6 Å². The first-order chi connectivity index (χ1) is 30.0. The molecule has 0 aliphatic rings. The van der Waals surface area contributed by atoms with Crippen LogP contribution >= 0.6 is 0 Å². The normalized spacial score (nSPS) is 12.1. The largest absolute Gasteiger partial charge is 0.462 e. The van der Waals surface area contributed by atoms with Gasteiger partial charge in [0.25, 0.3) is 0 Å². The van der Waals surface area contributed by atoms with E-state index in [0.29, 0.717) is 19.3 Å². The molecule has 0 amide bonds. The molecule has 1 atom stereocenters. The second kappa shape index (κ2) is 50.5. The van der Waals surface area contributed by atoms with E-state index in [-0.39, 0.29) is 31.1 Å². The summed E-state index contributed by atoms with van der Waals surface area (Å²) in [5, 5.41) is 0. The highest BCUT2D eigenvalue weighted by molar-refractivity contribution is 5.71. The van der Waals surface area contributed by atoms with Crippen molar-refractivity contribution in [3.63, 3.8) is 0 Å². The smallest absolute Gasteiger partial charge is 0.306 e. The molecule has 0 aliphatic heterocycles. The number of carbonyl (C=O) groups excluding carboxylic acids is 3. The Balaban J connectivity index is 4.31. The Morgan fingerprint density at radius 1 is 0.328 bits per heavy atom. The van der Waals surface area contributed by atoms with Gasteiger partial charge in [-0.15, -0.1) is 0 Å². The lowest BCUT2D eigenvalue weighted by Gasteiger charge is -2.18. The van der Waals surface area contributed by atoms with Crippen molar-refractivity contribution in [2.24, 2.45) is 0 Å². The van der Waals surface area contributed by atoms with Gasteiger partial charge in [-0.3, -0.25) is 14.4 Å². The van der Waals surface area contributed by atoms with E-state index in [1.165, 1.54) is 180 Å². The molecule has 0 saturated carbocycles. The maximum atomic E-state index is 12.8. The Kier molecular flexibility index (Phi) is 48.8. The van der Waals surface area contributed by atoms with Gasteiger partial charge in [-0.25, -0.2) is 0 Å². The second-order valence-corrected chi connectivity index (χ2v) is 18.2. The highest BCUT2D eigenvalue weighted by atomic mass is 16.6. The predicted octanol–water partition coefficient (Wildman–Crippen LogP) is 17.5. The molecule has 0 aliphatic carbocycles. The minimum atomic E-state index is -0.768. The fraction of sp³-hybridized carbons (Fsp3) is 0.873. The van der Waals surface area contributed by atoms with Gasteiger partial charge in [-0.2, -0.15) is 0 Å². The minimum Gasteiger partial charge on any atom is -0.462 e. The van der Waals surface area contributed by atoms with E-state index in [4.69, 9.17) is 14.2 Å². The van der Waals surface area contributed by atoms with Crippen LogP contribution < -0.4 is 0 Å². The fourth-order valence-electron chi connectivity index (χ4n) is 7.89. The Labute approximate surface area is 379 Å². The summed E-state index contributed by atoms with van der Waals surface area (Å²) >= 11 is 0. The highest BCUT2D eigenvalue weighted by Gasteiger charge is 2.19. The summed E-state index contributed by atoms with van der Waals surface area (Å²) in [4.78, 5) is 38.0.